The summed E-state index contributed by atoms with van der Waals surface area (Å²) in [4.78, 5) is 0. The van der Waals surface area contributed by atoms with Gasteiger partial charge >= 0.3 is 0 Å². The van der Waals surface area contributed by atoms with E-state index in [1.807, 2.05) is 19.1 Å². The Labute approximate surface area is 127 Å². The molecule has 0 heterocycles. The number of anilines is 1. The van der Waals surface area contributed by atoms with Gasteiger partial charge in [0.25, 0.3) is 0 Å². The number of aryl methyl sites for hydroxylation is 3. The first-order valence-electron chi connectivity index (χ1n) is 7.47. The first kappa shape index (κ1) is 15.4. The molecule has 112 valence electrons. The number of rotatable bonds is 4. The van der Waals surface area contributed by atoms with Crippen molar-refractivity contribution < 1.29 is 4.74 Å². The van der Waals surface area contributed by atoms with Gasteiger partial charge in [-0.1, -0.05) is 43.2 Å². The van der Waals surface area contributed by atoms with Crippen molar-refractivity contribution in [2.24, 2.45) is 0 Å². The van der Waals surface area contributed by atoms with Gasteiger partial charge in [-0.2, -0.15) is 0 Å². The van der Waals surface area contributed by atoms with Gasteiger partial charge < -0.3 is 10.5 Å². The molecule has 0 saturated heterocycles. The summed E-state index contributed by atoms with van der Waals surface area (Å²) < 4.78 is 6.07. The van der Waals surface area contributed by atoms with E-state index in [0.29, 0.717) is 12.5 Å². The van der Waals surface area contributed by atoms with E-state index < -0.39 is 0 Å². The van der Waals surface area contributed by atoms with Crippen molar-refractivity contribution in [3.63, 3.8) is 0 Å². The van der Waals surface area contributed by atoms with E-state index in [2.05, 4.69) is 45.9 Å². The van der Waals surface area contributed by atoms with Crippen LogP contribution in [0.2, 0.25) is 0 Å². The van der Waals surface area contributed by atoms with Gasteiger partial charge in [0, 0.05) is 5.69 Å². The van der Waals surface area contributed by atoms with Gasteiger partial charge in [-0.25, -0.2) is 0 Å². The largest absolute Gasteiger partial charge is 0.489 e. The molecule has 0 fully saturated rings. The van der Waals surface area contributed by atoms with E-state index >= 15 is 0 Å². The van der Waals surface area contributed by atoms with Crippen LogP contribution in [0.5, 0.6) is 5.75 Å². The topological polar surface area (TPSA) is 35.2 Å². The molecule has 0 unspecified atom stereocenters. The highest BCUT2D eigenvalue weighted by atomic mass is 16.5. The van der Waals surface area contributed by atoms with Crippen LogP contribution in [0.25, 0.3) is 0 Å². The maximum absolute atomic E-state index is 6.07. The molecule has 2 aromatic rings. The zero-order chi connectivity index (χ0) is 15.6. The van der Waals surface area contributed by atoms with Crippen LogP contribution in [0, 0.1) is 20.8 Å². The Morgan fingerprint density at radius 3 is 2.14 bits per heavy atom. The molecular formula is C19H25NO. The summed E-state index contributed by atoms with van der Waals surface area (Å²) in [6.07, 6.45) is 0. The van der Waals surface area contributed by atoms with Gasteiger partial charge in [0.05, 0.1) is 0 Å². The average Bonchev–Trinajstić information content (AvgIpc) is 2.38. The van der Waals surface area contributed by atoms with Gasteiger partial charge in [0.15, 0.2) is 0 Å². The number of ether oxygens (including phenoxy) is 1. The second-order valence-electron chi connectivity index (χ2n) is 6.19. The Bertz CT molecular complexity index is 624. The predicted octanol–water partition coefficient (Wildman–Crippen LogP) is 4.90. The number of nitrogen functional groups attached to an aromatic ring is 1. The van der Waals surface area contributed by atoms with E-state index in [0.717, 1.165) is 17.0 Å². The molecule has 2 rings (SSSR count). The maximum atomic E-state index is 6.07. The quantitative estimate of drug-likeness (QED) is 0.810. The van der Waals surface area contributed by atoms with Gasteiger partial charge in [-0.3, -0.25) is 0 Å². The summed E-state index contributed by atoms with van der Waals surface area (Å²) in [6, 6.07) is 10.6. The number of hydrogen-bond acceptors (Lipinski definition) is 2. The van der Waals surface area contributed by atoms with Gasteiger partial charge in [0.2, 0.25) is 0 Å². The summed E-state index contributed by atoms with van der Waals surface area (Å²) in [5, 5.41) is 0. The highest BCUT2D eigenvalue weighted by Crippen LogP contribution is 2.31. The molecular weight excluding hydrogens is 258 g/mol. The third-order valence-electron chi connectivity index (χ3n) is 3.70. The number of nitrogens with two attached hydrogens (primary N) is 1. The minimum absolute atomic E-state index is 0.391. The van der Waals surface area contributed by atoms with Crippen molar-refractivity contribution >= 4 is 5.69 Å². The molecule has 2 N–H and O–H groups in total. The third-order valence-corrected chi connectivity index (χ3v) is 3.70. The molecule has 0 aromatic heterocycles. The Hall–Kier alpha value is -1.96. The molecule has 0 aliphatic carbocycles. The highest BCUT2D eigenvalue weighted by Gasteiger charge is 2.11. The molecule has 21 heavy (non-hydrogen) atoms. The smallest absolute Gasteiger partial charge is 0.123 e. The monoisotopic (exact) mass is 283 g/mol. The molecule has 2 nitrogen and oxygen atoms in total. The van der Waals surface area contributed by atoms with Crippen molar-refractivity contribution in [2.45, 2.75) is 47.1 Å². The number of hydrogen-bond donors (Lipinski definition) is 1. The molecule has 0 aliphatic rings. The summed E-state index contributed by atoms with van der Waals surface area (Å²) in [6.45, 7) is 11.2. The standard InChI is InChI=1S/C19H25NO/c1-12(2)17-10-18(20)15(5)9-19(17)21-11-16-7-13(3)6-14(4)8-16/h6-10,12H,11,20H2,1-5H3. The van der Waals surface area contributed by atoms with E-state index in [1.165, 1.54) is 22.3 Å². The molecule has 0 saturated carbocycles. The zero-order valence-electron chi connectivity index (χ0n) is 13.7. The van der Waals surface area contributed by atoms with Crippen molar-refractivity contribution in [3.8, 4) is 5.75 Å². The lowest BCUT2D eigenvalue weighted by Crippen LogP contribution is -2.03. The zero-order valence-corrected chi connectivity index (χ0v) is 13.7. The maximum Gasteiger partial charge on any atom is 0.123 e. The van der Waals surface area contributed by atoms with E-state index in [-0.39, 0.29) is 0 Å². The summed E-state index contributed by atoms with van der Waals surface area (Å²) >= 11 is 0. The van der Waals surface area contributed by atoms with Crippen LogP contribution in [-0.4, -0.2) is 0 Å². The minimum atomic E-state index is 0.391. The van der Waals surface area contributed by atoms with Crippen LogP contribution >= 0.6 is 0 Å². The fourth-order valence-corrected chi connectivity index (χ4v) is 2.61. The Morgan fingerprint density at radius 2 is 1.57 bits per heavy atom. The molecule has 0 spiro atoms. The number of benzene rings is 2. The van der Waals surface area contributed by atoms with Crippen LogP contribution in [0.1, 0.15) is 47.6 Å². The van der Waals surface area contributed by atoms with E-state index in [4.69, 9.17) is 10.5 Å². The van der Waals surface area contributed by atoms with Crippen molar-refractivity contribution in [3.05, 3.63) is 58.1 Å². The Morgan fingerprint density at radius 1 is 0.952 bits per heavy atom. The lowest BCUT2D eigenvalue weighted by molar-refractivity contribution is 0.301. The Kier molecular flexibility index (Phi) is 4.56. The van der Waals surface area contributed by atoms with E-state index in [1.54, 1.807) is 0 Å². The highest BCUT2D eigenvalue weighted by molar-refractivity contribution is 5.55. The molecule has 0 atom stereocenters. The van der Waals surface area contributed by atoms with Gasteiger partial charge in [0.1, 0.15) is 12.4 Å². The van der Waals surface area contributed by atoms with Crippen LogP contribution in [0.4, 0.5) is 5.69 Å². The van der Waals surface area contributed by atoms with Crippen LogP contribution < -0.4 is 10.5 Å². The predicted molar refractivity (Wildman–Crippen MR) is 89.9 cm³/mol. The summed E-state index contributed by atoms with van der Waals surface area (Å²) in [5.41, 5.74) is 12.8. The van der Waals surface area contributed by atoms with Gasteiger partial charge in [-0.05, 0) is 55.5 Å². The first-order valence-corrected chi connectivity index (χ1v) is 7.47. The lowest BCUT2D eigenvalue weighted by atomic mass is 9.99. The molecule has 0 amide bonds. The van der Waals surface area contributed by atoms with Gasteiger partial charge in [-0.15, -0.1) is 0 Å². The SMILES string of the molecule is Cc1cc(C)cc(COc2cc(C)c(N)cc2C(C)C)c1. The molecule has 0 aliphatic heterocycles. The first-order chi connectivity index (χ1) is 9.86. The fourth-order valence-electron chi connectivity index (χ4n) is 2.61. The van der Waals surface area contributed by atoms with Crippen LogP contribution in [0.15, 0.2) is 30.3 Å². The van der Waals surface area contributed by atoms with E-state index in [9.17, 15) is 0 Å². The molecule has 2 heteroatoms. The normalized spacial score (nSPS) is 11.0. The summed E-state index contributed by atoms with van der Waals surface area (Å²) in [7, 11) is 0. The van der Waals surface area contributed by atoms with Crippen LogP contribution in [0.3, 0.4) is 0 Å². The Balaban J connectivity index is 2.25. The third kappa shape index (κ3) is 3.78. The second-order valence-corrected chi connectivity index (χ2v) is 6.19. The van der Waals surface area contributed by atoms with Crippen LogP contribution in [-0.2, 0) is 6.61 Å². The van der Waals surface area contributed by atoms with Crippen molar-refractivity contribution in [2.75, 3.05) is 5.73 Å². The fraction of sp³-hybridized carbons (Fsp3) is 0.368. The second kappa shape index (κ2) is 6.21. The molecule has 0 bridgehead atoms. The van der Waals surface area contributed by atoms with Crippen molar-refractivity contribution in [1.82, 2.24) is 0 Å². The lowest BCUT2D eigenvalue weighted by Gasteiger charge is -2.17. The average molecular weight is 283 g/mol. The van der Waals surface area contributed by atoms with Crippen molar-refractivity contribution in [1.29, 1.82) is 0 Å². The molecule has 0 radical (unpaired) electrons. The summed E-state index contributed by atoms with van der Waals surface area (Å²) in [5.74, 6) is 1.33. The minimum Gasteiger partial charge on any atom is -0.489 e. The molecule has 2 aromatic carbocycles.